The molecule has 0 fully saturated rings. The van der Waals surface area contributed by atoms with Gasteiger partial charge in [-0.25, -0.2) is 4.39 Å². The van der Waals surface area contributed by atoms with Crippen LogP contribution in [0.4, 0.5) is 4.39 Å². The first kappa shape index (κ1) is 12.7. The molecule has 0 bridgehead atoms. The van der Waals surface area contributed by atoms with Gasteiger partial charge in [0.15, 0.2) is 0 Å². The van der Waals surface area contributed by atoms with Crippen LogP contribution >= 0.6 is 11.6 Å². The number of alkyl halides is 1. The Hall–Kier alpha value is -1.34. The average Bonchev–Trinajstić information content (AvgIpc) is 2.47. The number of fused-ring (bicyclic) bond motifs is 1. The first-order valence-corrected chi connectivity index (χ1v) is 7.16. The lowest BCUT2D eigenvalue weighted by Crippen LogP contribution is -2.14. The van der Waals surface area contributed by atoms with Gasteiger partial charge in [-0.15, -0.1) is 11.6 Å². The third-order valence-corrected chi connectivity index (χ3v) is 4.51. The molecule has 3 rings (SSSR count). The van der Waals surface area contributed by atoms with Crippen molar-refractivity contribution in [3.63, 3.8) is 0 Å². The second kappa shape index (κ2) is 5.34. The summed E-state index contributed by atoms with van der Waals surface area (Å²) in [4.78, 5) is 0. The van der Waals surface area contributed by atoms with Crippen LogP contribution in [-0.4, -0.2) is 0 Å². The summed E-state index contributed by atoms with van der Waals surface area (Å²) in [5.74, 6) is 0.119. The molecule has 2 aromatic rings. The number of hydrogen-bond donors (Lipinski definition) is 0. The number of rotatable bonds is 2. The highest BCUT2D eigenvalue weighted by Crippen LogP contribution is 2.43. The summed E-state index contributed by atoms with van der Waals surface area (Å²) in [6, 6.07) is 15.1. The first-order valence-electron chi connectivity index (χ1n) is 6.73. The zero-order valence-corrected chi connectivity index (χ0v) is 11.4. The fourth-order valence-corrected chi connectivity index (χ4v) is 3.38. The molecule has 2 aromatic carbocycles. The minimum absolute atomic E-state index is 0.0814. The smallest absolute Gasteiger partial charge is 0.123 e. The largest absolute Gasteiger partial charge is 0.207 e. The molecular weight excluding hydrogens is 259 g/mol. The van der Waals surface area contributed by atoms with E-state index in [4.69, 9.17) is 11.6 Å². The molecule has 1 aliphatic carbocycles. The second-order valence-electron chi connectivity index (χ2n) is 5.15. The van der Waals surface area contributed by atoms with E-state index >= 15 is 0 Å². The molecule has 0 radical (unpaired) electrons. The molecule has 0 heterocycles. The normalized spacial score (nSPS) is 19.8. The molecule has 0 nitrogen and oxygen atoms in total. The van der Waals surface area contributed by atoms with Gasteiger partial charge in [-0.3, -0.25) is 0 Å². The predicted molar refractivity (Wildman–Crippen MR) is 77.1 cm³/mol. The van der Waals surface area contributed by atoms with Gasteiger partial charge in [0, 0.05) is 5.92 Å². The van der Waals surface area contributed by atoms with Gasteiger partial charge in [0.1, 0.15) is 5.82 Å². The minimum Gasteiger partial charge on any atom is -0.207 e. The molecule has 1 aliphatic rings. The maximum absolute atomic E-state index is 13.0. The quantitative estimate of drug-likeness (QED) is 0.658. The van der Waals surface area contributed by atoms with Crippen molar-refractivity contribution in [2.45, 2.75) is 30.6 Å². The zero-order chi connectivity index (χ0) is 13.2. The summed E-state index contributed by atoms with van der Waals surface area (Å²) in [6.07, 6.45) is 3.41. The van der Waals surface area contributed by atoms with Crippen LogP contribution in [-0.2, 0) is 6.42 Å². The minimum atomic E-state index is -0.211. The molecule has 0 N–H and O–H groups in total. The number of halogens is 2. The lowest BCUT2D eigenvalue weighted by atomic mass is 9.79. The molecule has 2 heteroatoms. The van der Waals surface area contributed by atoms with Crippen molar-refractivity contribution in [3.05, 3.63) is 71.0 Å². The van der Waals surface area contributed by atoms with E-state index in [2.05, 4.69) is 24.3 Å². The predicted octanol–water partition coefficient (Wildman–Crippen LogP) is 5.23. The third-order valence-electron chi connectivity index (χ3n) is 3.96. The van der Waals surface area contributed by atoms with Crippen molar-refractivity contribution in [3.8, 4) is 0 Å². The summed E-state index contributed by atoms with van der Waals surface area (Å²) in [5.41, 5.74) is 3.77. The number of aryl methyl sites for hydroxylation is 1. The second-order valence-corrected chi connectivity index (χ2v) is 5.62. The summed E-state index contributed by atoms with van der Waals surface area (Å²) in [7, 11) is 0. The Balaban J connectivity index is 1.92. The molecule has 19 heavy (non-hydrogen) atoms. The number of hydrogen-bond acceptors (Lipinski definition) is 0. The van der Waals surface area contributed by atoms with Crippen molar-refractivity contribution < 1.29 is 4.39 Å². The van der Waals surface area contributed by atoms with Gasteiger partial charge in [-0.2, -0.15) is 0 Å². The van der Waals surface area contributed by atoms with Crippen LogP contribution in [0.3, 0.4) is 0 Å². The van der Waals surface area contributed by atoms with Crippen molar-refractivity contribution in [1.29, 1.82) is 0 Å². The van der Waals surface area contributed by atoms with Crippen molar-refractivity contribution >= 4 is 11.6 Å². The van der Waals surface area contributed by atoms with Gasteiger partial charge in [-0.1, -0.05) is 36.4 Å². The van der Waals surface area contributed by atoms with Crippen LogP contribution in [0.15, 0.2) is 48.5 Å². The number of benzene rings is 2. The van der Waals surface area contributed by atoms with Gasteiger partial charge in [-0.05, 0) is 48.1 Å². The van der Waals surface area contributed by atoms with Crippen LogP contribution in [0.25, 0.3) is 0 Å². The van der Waals surface area contributed by atoms with E-state index in [0.29, 0.717) is 5.92 Å². The van der Waals surface area contributed by atoms with Gasteiger partial charge < -0.3 is 0 Å². The Bertz CT molecular complexity index is 562. The monoisotopic (exact) mass is 274 g/mol. The molecular formula is C17H16ClF. The van der Waals surface area contributed by atoms with Gasteiger partial charge in [0.2, 0.25) is 0 Å². The summed E-state index contributed by atoms with van der Waals surface area (Å²) < 4.78 is 13.0. The van der Waals surface area contributed by atoms with Crippen molar-refractivity contribution in [2.24, 2.45) is 0 Å². The molecule has 0 saturated heterocycles. The standard InChI is InChI=1S/C17H16ClF/c18-17(13-8-10-14(19)11-9-13)16-7-3-5-12-4-1-2-6-15(12)16/h1-2,4,6,8-11,16-17H,3,5,7H2. The maximum atomic E-state index is 13.0. The Kier molecular flexibility index (Phi) is 3.56. The summed E-state index contributed by atoms with van der Waals surface area (Å²) in [6.45, 7) is 0. The van der Waals surface area contributed by atoms with E-state index in [1.54, 1.807) is 12.1 Å². The topological polar surface area (TPSA) is 0 Å². The van der Waals surface area contributed by atoms with Crippen LogP contribution in [0, 0.1) is 5.82 Å². The molecule has 0 aliphatic heterocycles. The van der Waals surface area contributed by atoms with Crippen molar-refractivity contribution in [1.82, 2.24) is 0 Å². The van der Waals surface area contributed by atoms with Gasteiger partial charge in [0.05, 0.1) is 5.38 Å². The molecule has 0 amide bonds. The Labute approximate surface area is 118 Å². The third kappa shape index (κ3) is 2.52. The van der Waals surface area contributed by atoms with Crippen LogP contribution in [0.1, 0.15) is 40.8 Å². The van der Waals surface area contributed by atoms with E-state index in [0.717, 1.165) is 18.4 Å². The van der Waals surface area contributed by atoms with Crippen LogP contribution in [0.5, 0.6) is 0 Å². The fraction of sp³-hybridized carbons (Fsp3) is 0.294. The van der Waals surface area contributed by atoms with Gasteiger partial charge in [0.25, 0.3) is 0 Å². The average molecular weight is 275 g/mol. The first-order chi connectivity index (χ1) is 9.25. The highest BCUT2D eigenvalue weighted by molar-refractivity contribution is 6.21. The Morgan fingerprint density at radius 3 is 2.58 bits per heavy atom. The molecule has 2 atom stereocenters. The lowest BCUT2D eigenvalue weighted by molar-refractivity contribution is 0.538. The Morgan fingerprint density at radius 2 is 1.79 bits per heavy atom. The van der Waals surface area contributed by atoms with Crippen LogP contribution in [0.2, 0.25) is 0 Å². The van der Waals surface area contributed by atoms with Crippen LogP contribution < -0.4 is 0 Å². The highest BCUT2D eigenvalue weighted by Gasteiger charge is 2.27. The summed E-state index contributed by atoms with van der Waals surface area (Å²) >= 11 is 6.64. The maximum Gasteiger partial charge on any atom is 0.123 e. The van der Waals surface area contributed by atoms with Gasteiger partial charge >= 0.3 is 0 Å². The Morgan fingerprint density at radius 1 is 1.05 bits per heavy atom. The molecule has 98 valence electrons. The van der Waals surface area contributed by atoms with E-state index in [9.17, 15) is 4.39 Å². The SMILES string of the molecule is Fc1ccc(C(Cl)C2CCCc3ccccc32)cc1. The molecule has 2 unspecified atom stereocenters. The molecule has 0 saturated carbocycles. The van der Waals surface area contributed by atoms with E-state index in [1.807, 2.05) is 0 Å². The van der Waals surface area contributed by atoms with E-state index < -0.39 is 0 Å². The fourth-order valence-electron chi connectivity index (χ4n) is 2.97. The van der Waals surface area contributed by atoms with E-state index in [1.165, 1.54) is 29.7 Å². The molecule has 0 spiro atoms. The highest BCUT2D eigenvalue weighted by atomic mass is 35.5. The van der Waals surface area contributed by atoms with E-state index in [-0.39, 0.29) is 11.2 Å². The zero-order valence-electron chi connectivity index (χ0n) is 10.7. The van der Waals surface area contributed by atoms with Crippen molar-refractivity contribution in [2.75, 3.05) is 0 Å². The lowest BCUT2D eigenvalue weighted by Gasteiger charge is -2.29. The summed E-state index contributed by atoms with van der Waals surface area (Å²) in [5, 5.41) is -0.0814. The molecule has 0 aromatic heterocycles.